The zero-order valence-electron chi connectivity index (χ0n) is 13.8. The smallest absolute Gasteiger partial charge is 0.411 e. The van der Waals surface area contributed by atoms with Crippen LogP contribution in [0, 0.1) is 5.41 Å². The Balaban J connectivity index is 2.29. The van der Waals surface area contributed by atoms with Gasteiger partial charge in [0.15, 0.2) is 0 Å². The Hall–Kier alpha value is -1.30. The second kappa shape index (κ2) is 5.16. The molecule has 2 heterocycles. The molecule has 0 unspecified atom stereocenters. The summed E-state index contributed by atoms with van der Waals surface area (Å²) in [6, 6.07) is 0. The molecule has 2 saturated heterocycles. The molecule has 120 valence electrons. The van der Waals surface area contributed by atoms with E-state index in [-0.39, 0.29) is 18.2 Å². The van der Waals surface area contributed by atoms with Crippen LogP contribution in [0.1, 0.15) is 41.0 Å². The van der Waals surface area contributed by atoms with Gasteiger partial charge in [-0.3, -0.25) is 9.69 Å². The normalized spacial score (nSPS) is 28.6. The molecular weight excluding hydrogens is 272 g/mol. The van der Waals surface area contributed by atoms with E-state index in [9.17, 15) is 9.59 Å². The van der Waals surface area contributed by atoms with Gasteiger partial charge in [0.2, 0.25) is 0 Å². The van der Waals surface area contributed by atoms with E-state index in [4.69, 9.17) is 9.47 Å². The molecule has 0 aromatic carbocycles. The van der Waals surface area contributed by atoms with Gasteiger partial charge in [-0.25, -0.2) is 4.79 Å². The molecule has 0 aromatic heterocycles. The third-order valence-electron chi connectivity index (χ3n) is 4.10. The maximum absolute atomic E-state index is 12.5. The molecule has 0 radical (unpaired) electrons. The first-order chi connectivity index (χ1) is 9.59. The van der Waals surface area contributed by atoms with Crippen molar-refractivity contribution in [2.75, 3.05) is 20.2 Å². The van der Waals surface area contributed by atoms with Gasteiger partial charge in [-0.15, -0.1) is 0 Å². The fourth-order valence-electron chi connectivity index (χ4n) is 3.38. The number of nitrogens with zero attached hydrogens (tertiary/aromatic N) is 2. The Labute approximate surface area is 126 Å². The number of carbonyl (C=O) groups excluding carboxylic acids is 2. The van der Waals surface area contributed by atoms with E-state index >= 15 is 0 Å². The average molecular weight is 298 g/mol. The number of carbonyl (C=O) groups is 2. The maximum atomic E-state index is 12.5. The number of rotatable bonds is 1. The number of ether oxygens (including phenoxy) is 2. The summed E-state index contributed by atoms with van der Waals surface area (Å²) < 4.78 is 10.9. The molecule has 2 aliphatic heterocycles. The lowest BCUT2D eigenvalue weighted by Crippen LogP contribution is -2.59. The molecule has 2 aliphatic rings. The summed E-state index contributed by atoms with van der Waals surface area (Å²) in [6.07, 6.45) is -0.438. The summed E-state index contributed by atoms with van der Waals surface area (Å²) in [5.41, 5.74) is -1.02. The second-order valence-electron chi connectivity index (χ2n) is 7.37. The number of hydrogen-bond acceptors (Lipinski definition) is 4. The van der Waals surface area contributed by atoms with Crippen molar-refractivity contribution in [3.8, 4) is 0 Å². The highest BCUT2D eigenvalue weighted by Crippen LogP contribution is 2.42. The Morgan fingerprint density at radius 2 is 1.90 bits per heavy atom. The Morgan fingerprint density at radius 1 is 1.29 bits per heavy atom. The molecule has 2 fully saturated rings. The molecule has 6 heteroatoms. The van der Waals surface area contributed by atoms with Crippen LogP contribution in [0.25, 0.3) is 0 Å². The van der Waals surface area contributed by atoms with E-state index in [1.807, 2.05) is 34.6 Å². The quantitative estimate of drug-likeness (QED) is 0.741. The largest absolute Gasteiger partial charge is 0.444 e. The van der Waals surface area contributed by atoms with Gasteiger partial charge in [0.05, 0.1) is 0 Å². The van der Waals surface area contributed by atoms with E-state index in [2.05, 4.69) is 0 Å². The third-order valence-corrected chi connectivity index (χ3v) is 4.10. The van der Waals surface area contributed by atoms with Crippen LogP contribution in [0.2, 0.25) is 0 Å². The van der Waals surface area contributed by atoms with Gasteiger partial charge in [-0.2, -0.15) is 0 Å². The molecule has 0 bridgehead atoms. The molecule has 0 spiro atoms. The molecule has 6 nitrogen and oxygen atoms in total. The number of fused-ring (bicyclic) bond motifs is 1. The van der Waals surface area contributed by atoms with Gasteiger partial charge in [0.1, 0.15) is 17.9 Å². The Bertz CT molecular complexity index is 441. The lowest BCUT2D eigenvalue weighted by atomic mass is 9.85. The molecular formula is C15H26N2O4. The van der Waals surface area contributed by atoms with E-state index in [0.717, 1.165) is 6.42 Å². The van der Waals surface area contributed by atoms with E-state index in [1.54, 1.807) is 16.9 Å². The van der Waals surface area contributed by atoms with E-state index < -0.39 is 17.1 Å². The molecule has 0 saturated carbocycles. The lowest BCUT2D eigenvalue weighted by Gasteiger charge is -2.44. The zero-order valence-corrected chi connectivity index (χ0v) is 13.8. The van der Waals surface area contributed by atoms with Crippen molar-refractivity contribution in [1.82, 2.24) is 9.80 Å². The maximum Gasteiger partial charge on any atom is 0.411 e. The topological polar surface area (TPSA) is 59.1 Å². The first-order valence-electron chi connectivity index (χ1n) is 7.42. The fraction of sp³-hybridized carbons (Fsp3) is 0.867. The van der Waals surface area contributed by atoms with Crippen molar-refractivity contribution >= 4 is 12.0 Å². The summed E-state index contributed by atoms with van der Waals surface area (Å²) in [5.74, 6) is -0.0410. The van der Waals surface area contributed by atoms with E-state index in [1.165, 1.54) is 0 Å². The number of hydrogen-bond donors (Lipinski definition) is 0. The Morgan fingerprint density at radius 3 is 2.43 bits per heavy atom. The van der Waals surface area contributed by atoms with Crippen molar-refractivity contribution in [1.29, 1.82) is 0 Å². The SMILES string of the molecule is CO[C@@H]1C(=O)N2CCCN(C(=O)OC(C)(C)C)[C@H]2C1(C)C. The summed E-state index contributed by atoms with van der Waals surface area (Å²) in [4.78, 5) is 28.4. The summed E-state index contributed by atoms with van der Waals surface area (Å²) in [6.45, 7) is 10.7. The molecule has 2 rings (SSSR count). The summed E-state index contributed by atoms with van der Waals surface area (Å²) >= 11 is 0. The van der Waals surface area contributed by atoms with Crippen LogP contribution in [-0.2, 0) is 14.3 Å². The molecule has 21 heavy (non-hydrogen) atoms. The van der Waals surface area contributed by atoms with Crippen molar-refractivity contribution in [2.45, 2.75) is 58.9 Å². The summed E-state index contributed by atoms with van der Waals surface area (Å²) in [5, 5.41) is 0. The van der Waals surface area contributed by atoms with Crippen LogP contribution in [0.4, 0.5) is 4.79 Å². The molecule has 0 aliphatic carbocycles. The minimum Gasteiger partial charge on any atom is -0.444 e. The second-order valence-corrected chi connectivity index (χ2v) is 7.37. The standard InChI is InChI=1S/C15H26N2O4/c1-14(2,3)21-13(19)17-9-7-8-16-11(18)10(20-6)15(4,5)12(16)17/h10,12H,7-9H2,1-6H3/t10-,12+/m1/s1. The first kappa shape index (κ1) is 16.1. The fourth-order valence-corrected chi connectivity index (χ4v) is 3.38. The van der Waals surface area contributed by atoms with E-state index in [0.29, 0.717) is 13.1 Å². The van der Waals surface area contributed by atoms with Crippen molar-refractivity contribution < 1.29 is 19.1 Å². The Kier molecular flexibility index (Phi) is 3.95. The van der Waals surface area contributed by atoms with Gasteiger partial charge in [-0.05, 0) is 27.2 Å². The van der Waals surface area contributed by atoms with Crippen LogP contribution in [0.15, 0.2) is 0 Å². The number of methoxy groups -OCH3 is 1. The van der Waals surface area contributed by atoms with Gasteiger partial charge in [0, 0.05) is 25.6 Å². The van der Waals surface area contributed by atoms with Crippen LogP contribution in [0.3, 0.4) is 0 Å². The predicted molar refractivity (Wildman–Crippen MR) is 77.6 cm³/mol. The average Bonchev–Trinajstić information content (AvgIpc) is 2.55. The minimum atomic E-state index is -0.549. The van der Waals surface area contributed by atoms with Gasteiger partial charge in [0.25, 0.3) is 5.91 Å². The van der Waals surface area contributed by atoms with Crippen LogP contribution < -0.4 is 0 Å². The van der Waals surface area contributed by atoms with Crippen LogP contribution in [-0.4, -0.2) is 59.9 Å². The summed E-state index contributed by atoms with van der Waals surface area (Å²) in [7, 11) is 1.54. The molecule has 2 atom stereocenters. The van der Waals surface area contributed by atoms with Crippen molar-refractivity contribution in [2.24, 2.45) is 5.41 Å². The zero-order chi connectivity index (χ0) is 16.0. The predicted octanol–water partition coefficient (Wildman–Crippen LogP) is 1.84. The highest BCUT2D eigenvalue weighted by molar-refractivity contribution is 5.86. The molecule has 0 N–H and O–H groups in total. The van der Waals surface area contributed by atoms with Gasteiger partial charge in [-0.1, -0.05) is 13.8 Å². The van der Waals surface area contributed by atoms with Crippen molar-refractivity contribution in [3.63, 3.8) is 0 Å². The van der Waals surface area contributed by atoms with Crippen LogP contribution >= 0.6 is 0 Å². The highest BCUT2D eigenvalue weighted by atomic mass is 16.6. The number of amides is 2. The van der Waals surface area contributed by atoms with Gasteiger partial charge < -0.3 is 14.4 Å². The van der Waals surface area contributed by atoms with Crippen LogP contribution in [0.5, 0.6) is 0 Å². The minimum absolute atomic E-state index is 0.0410. The third kappa shape index (κ3) is 2.73. The lowest BCUT2D eigenvalue weighted by molar-refractivity contribution is -0.139. The molecule has 2 amide bonds. The monoisotopic (exact) mass is 298 g/mol. The van der Waals surface area contributed by atoms with Crippen molar-refractivity contribution in [3.05, 3.63) is 0 Å². The first-order valence-corrected chi connectivity index (χ1v) is 7.42. The molecule has 0 aromatic rings. The van der Waals surface area contributed by atoms with Gasteiger partial charge >= 0.3 is 6.09 Å². The highest BCUT2D eigenvalue weighted by Gasteiger charge is 2.58.